The highest BCUT2D eigenvalue weighted by molar-refractivity contribution is 7.13. The number of nitrogens with zero attached hydrogens (tertiary/aromatic N) is 3. The Morgan fingerprint density at radius 1 is 1.07 bits per heavy atom. The molecular weight excluding hydrogens is 404 g/mol. The van der Waals surface area contributed by atoms with E-state index in [1.165, 1.54) is 16.3 Å². The summed E-state index contributed by atoms with van der Waals surface area (Å²) >= 11 is 1.32. The maximum Gasteiger partial charge on any atom is 0.306 e. The number of carbonyl (C=O) groups excluding carboxylic acids is 1. The van der Waals surface area contributed by atoms with Gasteiger partial charge >= 0.3 is 5.97 Å². The quantitative estimate of drug-likeness (QED) is 0.646. The fraction of sp³-hybridized carbons (Fsp3) is 0.524. The summed E-state index contributed by atoms with van der Waals surface area (Å²) in [5.74, 6) is -0.463. The van der Waals surface area contributed by atoms with Crippen LogP contribution in [0.2, 0.25) is 0 Å². The lowest BCUT2D eigenvalue weighted by Crippen LogP contribution is -2.47. The van der Waals surface area contributed by atoms with Crippen LogP contribution in [0.5, 0.6) is 5.75 Å². The van der Waals surface area contributed by atoms with E-state index >= 15 is 0 Å². The Balaban J connectivity index is 1.39. The zero-order valence-electron chi connectivity index (χ0n) is 16.7. The number of hydrazine groups is 1. The molecule has 2 aromatic rings. The first-order valence-corrected chi connectivity index (χ1v) is 11.3. The minimum absolute atomic E-state index is 0.0177. The molecule has 1 aromatic carbocycles. The van der Waals surface area contributed by atoms with Gasteiger partial charge in [0.1, 0.15) is 11.3 Å². The SMILES string of the molecule is O=C(O)C1CCC(Oc2ccc(C(=O)N(NC3CCCC3)c3nncs3)cc2)CC1. The standard InChI is InChI=1S/C21H26N4O4S/c26-19(25(21-23-22-13-30-21)24-16-3-1-2-4-16)14-5-9-17(10-6-14)29-18-11-7-15(8-12-18)20(27)28/h5-6,9-10,13,15-16,18,24H,1-4,7-8,11-12H2,(H,27,28). The topological polar surface area (TPSA) is 105 Å². The molecule has 0 unspecified atom stereocenters. The molecule has 2 N–H and O–H groups in total. The van der Waals surface area contributed by atoms with Gasteiger partial charge < -0.3 is 9.84 Å². The number of aliphatic carboxylic acids is 1. The molecular formula is C21H26N4O4S. The Hall–Kier alpha value is -2.52. The van der Waals surface area contributed by atoms with Crippen molar-refractivity contribution in [3.63, 3.8) is 0 Å². The molecule has 4 rings (SSSR count). The average molecular weight is 431 g/mol. The van der Waals surface area contributed by atoms with E-state index in [9.17, 15) is 9.59 Å². The molecule has 9 heteroatoms. The van der Waals surface area contributed by atoms with Crippen LogP contribution in [-0.4, -0.2) is 39.3 Å². The van der Waals surface area contributed by atoms with Gasteiger partial charge in [-0.1, -0.05) is 24.2 Å². The highest BCUT2D eigenvalue weighted by Gasteiger charge is 2.28. The Morgan fingerprint density at radius 2 is 1.77 bits per heavy atom. The van der Waals surface area contributed by atoms with Gasteiger partial charge in [0.25, 0.3) is 5.91 Å². The maximum absolute atomic E-state index is 13.1. The van der Waals surface area contributed by atoms with E-state index in [1.807, 2.05) is 0 Å². The molecule has 0 spiro atoms. The zero-order valence-corrected chi connectivity index (χ0v) is 17.5. The van der Waals surface area contributed by atoms with Crippen molar-refractivity contribution in [3.05, 3.63) is 35.3 Å². The van der Waals surface area contributed by atoms with E-state index in [0.29, 0.717) is 29.3 Å². The van der Waals surface area contributed by atoms with Crippen LogP contribution in [0.25, 0.3) is 0 Å². The predicted octanol–water partition coefficient (Wildman–Crippen LogP) is 3.65. The molecule has 1 amide bonds. The van der Waals surface area contributed by atoms with E-state index in [-0.39, 0.29) is 24.0 Å². The number of anilines is 1. The second-order valence-electron chi connectivity index (χ2n) is 7.93. The van der Waals surface area contributed by atoms with Crippen molar-refractivity contribution in [2.45, 2.75) is 63.5 Å². The van der Waals surface area contributed by atoms with E-state index in [1.54, 1.807) is 29.8 Å². The fourth-order valence-electron chi connectivity index (χ4n) is 4.13. The molecule has 0 aliphatic heterocycles. The monoisotopic (exact) mass is 430 g/mol. The van der Waals surface area contributed by atoms with Crippen molar-refractivity contribution >= 4 is 28.3 Å². The Bertz CT molecular complexity index is 844. The molecule has 160 valence electrons. The van der Waals surface area contributed by atoms with Gasteiger partial charge in [-0.05, 0) is 62.8 Å². The van der Waals surface area contributed by atoms with E-state index in [0.717, 1.165) is 38.5 Å². The molecule has 0 atom stereocenters. The normalized spacial score (nSPS) is 22.0. The second-order valence-corrected chi connectivity index (χ2v) is 8.74. The number of carbonyl (C=O) groups is 2. The van der Waals surface area contributed by atoms with Crippen molar-refractivity contribution in [1.82, 2.24) is 15.6 Å². The Labute approximate surface area is 179 Å². The first-order chi connectivity index (χ1) is 14.6. The van der Waals surface area contributed by atoms with Crippen LogP contribution in [0.1, 0.15) is 61.7 Å². The van der Waals surface area contributed by atoms with Gasteiger partial charge in [0.2, 0.25) is 5.13 Å². The van der Waals surface area contributed by atoms with E-state index in [2.05, 4.69) is 15.6 Å². The van der Waals surface area contributed by atoms with Crippen LogP contribution in [-0.2, 0) is 4.79 Å². The molecule has 1 aromatic heterocycles. The smallest absolute Gasteiger partial charge is 0.306 e. The number of carboxylic acids is 1. The Kier molecular flexibility index (Phi) is 6.59. The lowest BCUT2D eigenvalue weighted by atomic mass is 9.87. The summed E-state index contributed by atoms with van der Waals surface area (Å²) in [6.07, 6.45) is 7.16. The minimum Gasteiger partial charge on any atom is -0.490 e. The highest BCUT2D eigenvalue weighted by atomic mass is 32.1. The summed E-state index contributed by atoms with van der Waals surface area (Å²) in [5.41, 5.74) is 5.48. The number of nitrogens with one attached hydrogen (secondary N) is 1. The number of benzene rings is 1. The van der Waals surface area contributed by atoms with Crippen LogP contribution >= 0.6 is 11.3 Å². The molecule has 2 aliphatic rings. The largest absolute Gasteiger partial charge is 0.490 e. The molecule has 2 fully saturated rings. The predicted molar refractivity (Wildman–Crippen MR) is 113 cm³/mol. The van der Waals surface area contributed by atoms with Crippen molar-refractivity contribution in [1.29, 1.82) is 0 Å². The number of carboxylic acid groups (broad SMARTS) is 1. The molecule has 2 saturated carbocycles. The van der Waals surface area contributed by atoms with Crippen molar-refractivity contribution in [2.75, 3.05) is 5.01 Å². The highest BCUT2D eigenvalue weighted by Crippen LogP contribution is 2.28. The van der Waals surface area contributed by atoms with E-state index < -0.39 is 5.97 Å². The van der Waals surface area contributed by atoms with Gasteiger partial charge in [0, 0.05) is 11.6 Å². The van der Waals surface area contributed by atoms with Crippen LogP contribution in [0, 0.1) is 5.92 Å². The van der Waals surface area contributed by atoms with Crippen molar-refractivity contribution in [2.24, 2.45) is 5.92 Å². The fourth-order valence-corrected chi connectivity index (χ4v) is 4.65. The lowest BCUT2D eigenvalue weighted by Gasteiger charge is -2.27. The van der Waals surface area contributed by atoms with Gasteiger partial charge in [-0.3, -0.25) is 9.59 Å². The van der Waals surface area contributed by atoms with Crippen molar-refractivity contribution in [3.8, 4) is 5.75 Å². The molecule has 30 heavy (non-hydrogen) atoms. The lowest BCUT2D eigenvalue weighted by molar-refractivity contribution is -0.143. The number of hydrogen-bond donors (Lipinski definition) is 2. The molecule has 0 bridgehead atoms. The van der Waals surface area contributed by atoms with Gasteiger partial charge in [-0.25, -0.2) is 10.4 Å². The first kappa shape index (κ1) is 20.7. The van der Waals surface area contributed by atoms with Crippen LogP contribution < -0.4 is 15.2 Å². The minimum atomic E-state index is -0.720. The average Bonchev–Trinajstić information content (AvgIpc) is 3.47. The molecule has 0 saturated heterocycles. The summed E-state index contributed by atoms with van der Waals surface area (Å²) in [5, 5.41) is 19.1. The van der Waals surface area contributed by atoms with Gasteiger partial charge in [-0.15, -0.1) is 10.2 Å². The molecule has 2 aliphatic carbocycles. The zero-order chi connectivity index (χ0) is 20.9. The second kappa shape index (κ2) is 9.53. The van der Waals surface area contributed by atoms with Gasteiger partial charge in [0.15, 0.2) is 0 Å². The third kappa shape index (κ3) is 4.96. The summed E-state index contributed by atoms with van der Waals surface area (Å²) in [6.45, 7) is 0. The maximum atomic E-state index is 13.1. The molecule has 8 nitrogen and oxygen atoms in total. The third-order valence-electron chi connectivity index (χ3n) is 5.84. The number of amides is 1. The van der Waals surface area contributed by atoms with Crippen molar-refractivity contribution < 1.29 is 19.4 Å². The first-order valence-electron chi connectivity index (χ1n) is 10.5. The number of ether oxygens (including phenoxy) is 1. The van der Waals surface area contributed by atoms with Crippen LogP contribution in [0.15, 0.2) is 29.8 Å². The Morgan fingerprint density at radius 3 is 2.37 bits per heavy atom. The number of hydrogen-bond acceptors (Lipinski definition) is 7. The number of aromatic nitrogens is 2. The van der Waals surface area contributed by atoms with Gasteiger partial charge in [-0.2, -0.15) is 0 Å². The molecule has 1 heterocycles. The summed E-state index contributed by atoms with van der Waals surface area (Å²) in [7, 11) is 0. The van der Waals surface area contributed by atoms with Crippen LogP contribution in [0.3, 0.4) is 0 Å². The van der Waals surface area contributed by atoms with Crippen LogP contribution in [0.4, 0.5) is 5.13 Å². The summed E-state index contributed by atoms with van der Waals surface area (Å²) in [6, 6.07) is 7.37. The summed E-state index contributed by atoms with van der Waals surface area (Å²) < 4.78 is 6.00. The third-order valence-corrected chi connectivity index (χ3v) is 6.51. The van der Waals surface area contributed by atoms with E-state index in [4.69, 9.17) is 9.84 Å². The molecule has 0 radical (unpaired) electrons. The number of rotatable bonds is 7. The van der Waals surface area contributed by atoms with Gasteiger partial charge in [0.05, 0.1) is 12.0 Å². The summed E-state index contributed by atoms with van der Waals surface area (Å²) in [4.78, 5) is 24.2.